The molecule has 1 heterocycles. The van der Waals surface area contributed by atoms with Gasteiger partial charge < -0.3 is 10.6 Å². The van der Waals surface area contributed by atoms with Gasteiger partial charge in [-0.05, 0) is 43.9 Å². The molecule has 18 heavy (non-hydrogen) atoms. The molecule has 2 rings (SSSR count). The summed E-state index contributed by atoms with van der Waals surface area (Å²) in [7, 11) is 0. The maximum absolute atomic E-state index is 12.3. The molecule has 0 aromatic carbocycles. The number of carbonyl (C=O) groups is 1. The van der Waals surface area contributed by atoms with Gasteiger partial charge in [0.05, 0.1) is 0 Å². The van der Waals surface area contributed by atoms with E-state index in [0.29, 0.717) is 24.4 Å². The number of piperidine rings is 1. The molecule has 1 aliphatic carbocycles. The number of likely N-dealkylation sites (tertiary alicyclic amines) is 1. The highest BCUT2D eigenvalue weighted by Crippen LogP contribution is 2.33. The van der Waals surface area contributed by atoms with E-state index in [2.05, 4.69) is 11.8 Å². The van der Waals surface area contributed by atoms with Crippen molar-refractivity contribution in [3.63, 3.8) is 0 Å². The molecule has 0 aromatic heterocycles. The van der Waals surface area contributed by atoms with Crippen molar-refractivity contribution in [2.75, 3.05) is 13.1 Å². The number of hydrogen-bond donors (Lipinski definition) is 1. The van der Waals surface area contributed by atoms with Crippen LogP contribution in [0.15, 0.2) is 0 Å². The topological polar surface area (TPSA) is 46.3 Å². The summed E-state index contributed by atoms with van der Waals surface area (Å²) in [6, 6.07) is 0.315. The monoisotopic (exact) mass is 274 g/mol. The number of carbonyl (C=O) groups excluding carboxylic acids is 1. The van der Waals surface area contributed by atoms with Gasteiger partial charge in [0.1, 0.15) is 0 Å². The molecule has 2 fully saturated rings. The Labute approximate surface area is 117 Å². The second-order valence-corrected chi connectivity index (χ2v) is 5.96. The van der Waals surface area contributed by atoms with Gasteiger partial charge in [0.15, 0.2) is 0 Å². The molecule has 106 valence electrons. The van der Waals surface area contributed by atoms with Crippen LogP contribution < -0.4 is 5.73 Å². The Balaban J connectivity index is 0.00000162. The number of amides is 1. The molecule has 0 aromatic rings. The summed E-state index contributed by atoms with van der Waals surface area (Å²) in [5, 5.41) is 0. The Morgan fingerprint density at radius 3 is 2.67 bits per heavy atom. The van der Waals surface area contributed by atoms with E-state index in [1.807, 2.05) is 0 Å². The first kappa shape index (κ1) is 15.8. The molecule has 1 saturated heterocycles. The molecule has 3 unspecified atom stereocenters. The van der Waals surface area contributed by atoms with Crippen molar-refractivity contribution < 1.29 is 4.79 Å². The van der Waals surface area contributed by atoms with Crippen molar-refractivity contribution in [1.82, 2.24) is 4.90 Å². The highest BCUT2D eigenvalue weighted by molar-refractivity contribution is 5.85. The summed E-state index contributed by atoms with van der Waals surface area (Å²) in [5.41, 5.74) is 5.77. The van der Waals surface area contributed by atoms with Crippen molar-refractivity contribution in [3.8, 4) is 0 Å². The molecule has 1 saturated carbocycles. The van der Waals surface area contributed by atoms with Gasteiger partial charge in [-0.1, -0.05) is 13.3 Å². The highest BCUT2D eigenvalue weighted by atomic mass is 35.5. The van der Waals surface area contributed by atoms with Crippen LogP contribution in [-0.4, -0.2) is 29.9 Å². The summed E-state index contributed by atoms with van der Waals surface area (Å²) in [6.45, 7) is 3.86. The zero-order chi connectivity index (χ0) is 12.3. The van der Waals surface area contributed by atoms with Crippen molar-refractivity contribution in [1.29, 1.82) is 0 Å². The molecule has 1 aliphatic heterocycles. The molecular formula is C14H27ClN2O. The van der Waals surface area contributed by atoms with Crippen LogP contribution in [0.25, 0.3) is 0 Å². The minimum atomic E-state index is 0. The predicted molar refractivity (Wildman–Crippen MR) is 76.8 cm³/mol. The van der Waals surface area contributed by atoms with Gasteiger partial charge in [-0.2, -0.15) is 0 Å². The van der Waals surface area contributed by atoms with Gasteiger partial charge in [0, 0.05) is 25.6 Å². The highest BCUT2D eigenvalue weighted by Gasteiger charge is 2.29. The quantitative estimate of drug-likeness (QED) is 0.860. The van der Waals surface area contributed by atoms with E-state index < -0.39 is 0 Å². The molecule has 0 bridgehead atoms. The average Bonchev–Trinajstić information content (AvgIpc) is 2.74. The van der Waals surface area contributed by atoms with Gasteiger partial charge in [-0.15, -0.1) is 12.4 Å². The smallest absolute Gasteiger partial charge is 0.223 e. The summed E-state index contributed by atoms with van der Waals surface area (Å²) in [4.78, 5) is 14.4. The fourth-order valence-electron chi connectivity index (χ4n) is 3.45. The maximum Gasteiger partial charge on any atom is 0.223 e. The Morgan fingerprint density at radius 2 is 2.06 bits per heavy atom. The molecule has 4 heteroatoms. The predicted octanol–water partition coefficient (Wildman–Crippen LogP) is 2.57. The van der Waals surface area contributed by atoms with Gasteiger partial charge >= 0.3 is 0 Å². The lowest BCUT2D eigenvalue weighted by Crippen LogP contribution is -2.47. The Bertz CT molecular complexity index is 273. The van der Waals surface area contributed by atoms with Crippen LogP contribution >= 0.6 is 12.4 Å². The van der Waals surface area contributed by atoms with Crippen LogP contribution in [0.4, 0.5) is 0 Å². The third kappa shape index (κ3) is 3.86. The summed E-state index contributed by atoms with van der Waals surface area (Å²) >= 11 is 0. The minimum absolute atomic E-state index is 0. The standard InChI is InChI=1S/C14H26N2O.ClH/c1-11-5-6-12(8-11)9-14(17)16-7-3-2-4-13(16)10-15;/h11-13H,2-10,15H2,1H3;1H. The van der Waals surface area contributed by atoms with Crippen molar-refractivity contribution in [2.45, 2.75) is 57.9 Å². The lowest BCUT2D eigenvalue weighted by Gasteiger charge is -2.35. The van der Waals surface area contributed by atoms with E-state index in [1.165, 1.54) is 25.7 Å². The van der Waals surface area contributed by atoms with Gasteiger partial charge in [0.25, 0.3) is 0 Å². The molecule has 0 spiro atoms. The lowest BCUT2D eigenvalue weighted by molar-refractivity contribution is -0.135. The molecule has 3 atom stereocenters. The fourth-order valence-corrected chi connectivity index (χ4v) is 3.45. The van der Waals surface area contributed by atoms with Crippen molar-refractivity contribution >= 4 is 18.3 Å². The van der Waals surface area contributed by atoms with Gasteiger partial charge in [0.2, 0.25) is 5.91 Å². The largest absolute Gasteiger partial charge is 0.338 e. The fraction of sp³-hybridized carbons (Fsp3) is 0.929. The first-order valence-corrected chi connectivity index (χ1v) is 7.20. The molecule has 0 radical (unpaired) electrons. The van der Waals surface area contributed by atoms with Crippen LogP contribution in [0, 0.1) is 11.8 Å². The SMILES string of the molecule is CC1CCC(CC(=O)N2CCCCC2CN)C1.Cl. The first-order chi connectivity index (χ1) is 8.20. The first-order valence-electron chi connectivity index (χ1n) is 7.20. The number of nitrogens with two attached hydrogens (primary N) is 1. The maximum atomic E-state index is 12.3. The summed E-state index contributed by atoms with van der Waals surface area (Å²) in [5.74, 6) is 1.82. The Hall–Kier alpha value is -0.280. The van der Waals surface area contributed by atoms with Crippen molar-refractivity contribution in [2.24, 2.45) is 17.6 Å². The molecular weight excluding hydrogens is 248 g/mol. The second-order valence-electron chi connectivity index (χ2n) is 5.96. The molecule has 1 amide bonds. The molecule has 3 nitrogen and oxygen atoms in total. The average molecular weight is 275 g/mol. The van der Waals surface area contributed by atoms with Crippen LogP contribution in [0.5, 0.6) is 0 Å². The van der Waals surface area contributed by atoms with E-state index in [4.69, 9.17) is 5.73 Å². The number of halogens is 1. The Kier molecular flexibility index (Phi) is 6.44. The third-order valence-corrected chi connectivity index (χ3v) is 4.49. The zero-order valence-electron chi connectivity index (χ0n) is 11.4. The third-order valence-electron chi connectivity index (χ3n) is 4.49. The van der Waals surface area contributed by atoms with Crippen LogP contribution in [0.2, 0.25) is 0 Å². The summed E-state index contributed by atoms with van der Waals surface area (Å²) in [6.07, 6.45) is 8.04. The van der Waals surface area contributed by atoms with Crippen LogP contribution in [0.1, 0.15) is 51.9 Å². The zero-order valence-corrected chi connectivity index (χ0v) is 12.3. The number of nitrogens with zero attached hydrogens (tertiary/aromatic N) is 1. The van der Waals surface area contributed by atoms with E-state index in [1.54, 1.807) is 0 Å². The van der Waals surface area contributed by atoms with Gasteiger partial charge in [-0.3, -0.25) is 4.79 Å². The van der Waals surface area contributed by atoms with E-state index in [-0.39, 0.29) is 12.4 Å². The number of rotatable bonds is 3. The normalized spacial score (nSPS) is 32.1. The second kappa shape index (κ2) is 7.34. The summed E-state index contributed by atoms with van der Waals surface area (Å²) < 4.78 is 0. The minimum Gasteiger partial charge on any atom is -0.338 e. The van der Waals surface area contributed by atoms with Crippen LogP contribution in [0.3, 0.4) is 0 Å². The van der Waals surface area contributed by atoms with Gasteiger partial charge in [-0.25, -0.2) is 0 Å². The lowest BCUT2D eigenvalue weighted by atomic mass is 9.98. The Morgan fingerprint density at radius 1 is 1.28 bits per heavy atom. The van der Waals surface area contributed by atoms with E-state index >= 15 is 0 Å². The molecule has 2 aliphatic rings. The van der Waals surface area contributed by atoms with E-state index in [9.17, 15) is 4.79 Å². The van der Waals surface area contributed by atoms with Crippen LogP contribution in [-0.2, 0) is 4.79 Å². The van der Waals surface area contributed by atoms with E-state index in [0.717, 1.165) is 31.7 Å². The molecule has 2 N–H and O–H groups in total. The number of hydrogen-bond acceptors (Lipinski definition) is 2. The van der Waals surface area contributed by atoms with Crippen molar-refractivity contribution in [3.05, 3.63) is 0 Å².